The zero-order chi connectivity index (χ0) is 11.6. The van der Waals surface area contributed by atoms with Crippen LogP contribution in [0.1, 0.15) is 5.56 Å². The summed E-state index contributed by atoms with van der Waals surface area (Å²) in [5.41, 5.74) is -0.0758. The van der Waals surface area contributed by atoms with Crippen molar-refractivity contribution in [2.45, 2.75) is 12.5 Å². The molecule has 5 heteroatoms. The number of alkyl halides is 2. The maximum absolute atomic E-state index is 13.7. The predicted molar refractivity (Wildman–Crippen MR) is 58.9 cm³/mol. The quantitative estimate of drug-likeness (QED) is 0.809. The lowest BCUT2D eigenvalue weighted by molar-refractivity contribution is -0.0227. The largest absolute Gasteiger partial charge is 0.307 e. The number of rotatable bonds is 3. The van der Waals surface area contributed by atoms with E-state index in [1.54, 1.807) is 18.2 Å². The van der Waals surface area contributed by atoms with Gasteiger partial charge in [0.1, 0.15) is 0 Å². The summed E-state index contributed by atoms with van der Waals surface area (Å²) in [5.74, 6) is -3.02. The number of aromatic nitrogens is 1. The summed E-state index contributed by atoms with van der Waals surface area (Å²) < 4.78 is 28.5. The lowest BCUT2D eigenvalue weighted by atomic mass is 10.1. The SMILES string of the molecule is O=c1sccn1CC(F)(F)c1ccccc1. The molecule has 0 saturated heterocycles. The van der Waals surface area contributed by atoms with Gasteiger partial charge in [-0.25, -0.2) is 0 Å². The van der Waals surface area contributed by atoms with Crippen LogP contribution in [-0.2, 0) is 12.5 Å². The van der Waals surface area contributed by atoms with Crippen LogP contribution < -0.4 is 4.87 Å². The summed E-state index contributed by atoms with van der Waals surface area (Å²) in [5, 5.41) is 1.50. The number of hydrogen-bond donors (Lipinski definition) is 0. The Morgan fingerprint density at radius 3 is 2.50 bits per heavy atom. The van der Waals surface area contributed by atoms with Gasteiger partial charge in [-0.15, -0.1) is 0 Å². The molecule has 0 aliphatic heterocycles. The van der Waals surface area contributed by atoms with Gasteiger partial charge in [-0.2, -0.15) is 8.78 Å². The Kier molecular flexibility index (Phi) is 2.87. The lowest BCUT2D eigenvalue weighted by Gasteiger charge is -2.16. The number of thiazole rings is 1. The van der Waals surface area contributed by atoms with E-state index in [9.17, 15) is 13.6 Å². The van der Waals surface area contributed by atoms with Gasteiger partial charge in [0.15, 0.2) is 0 Å². The Hall–Kier alpha value is -1.49. The van der Waals surface area contributed by atoms with Gasteiger partial charge >= 0.3 is 4.87 Å². The number of halogens is 2. The smallest absolute Gasteiger partial charge is 0.300 e. The van der Waals surface area contributed by atoms with Crippen molar-refractivity contribution in [3.8, 4) is 0 Å². The first-order chi connectivity index (χ1) is 7.59. The zero-order valence-electron chi connectivity index (χ0n) is 8.27. The van der Waals surface area contributed by atoms with Crippen LogP contribution in [0.5, 0.6) is 0 Å². The van der Waals surface area contributed by atoms with Crippen LogP contribution in [0.3, 0.4) is 0 Å². The molecule has 2 nitrogen and oxygen atoms in total. The Morgan fingerprint density at radius 1 is 1.25 bits per heavy atom. The van der Waals surface area contributed by atoms with Crippen molar-refractivity contribution in [2.75, 3.05) is 0 Å². The third kappa shape index (κ3) is 2.19. The van der Waals surface area contributed by atoms with Crippen molar-refractivity contribution in [3.05, 3.63) is 57.1 Å². The number of hydrogen-bond acceptors (Lipinski definition) is 2. The molecule has 0 aliphatic carbocycles. The Balaban J connectivity index is 2.27. The van der Waals surface area contributed by atoms with Gasteiger partial charge in [-0.3, -0.25) is 9.36 Å². The molecule has 0 bridgehead atoms. The highest BCUT2D eigenvalue weighted by Crippen LogP contribution is 2.29. The first-order valence-corrected chi connectivity index (χ1v) is 5.55. The third-order valence-electron chi connectivity index (χ3n) is 2.21. The highest BCUT2D eigenvalue weighted by Gasteiger charge is 2.32. The average molecular weight is 241 g/mol. The molecule has 0 radical (unpaired) electrons. The summed E-state index contributed by atoms with van der Waals surface area (Å²) in [6.07, 6.45) is 1.38. The molecule has 0 N–H and O–H groups in total. The fourth-order valence-corrected chi connectivity index (χ4v) is 1.98. The van der Waals surface area contributed by atoms with E-state index in [2.05, 4.69) is 0 Å². The third-order valence-corrected chi connectivity index (χ3v) is 2.90. The zero-order valence-corrected chi connectivity index (χ0v) is 9.08. The van der Waals surface area contributed by atoms with Gasteiger partial charge < -0.3 is 0 Å². The van der Waals surface area contributed by atoms with Gasteiger partial charge in [0, 0.05) is 17.1 Å². The number of benzene rings is 1. The molecule has 0 aliphatic rings. The van der Waals surface area contributed by atoms with E-state index < -0.39 is 12.5 Å². The second-order valence-corrected chi connectivity index (χ2v) is 4.22. The summed E-state index contributed by atoms with van der Waals surface area (Å²) in [7, 11) is 0. The standard InChI is InChI=1S/C11H9F2NOS/c12-11(13,9-4-2-1-3-5-9)8-14-6-7-16-10(14)15/h1-7H,8H2. The van der Waals surface area contributed by atoms with E-state index in [-0.39, 0.29) is 10.4 Å². The van der Waals surface area contributed by atoms with Crippen LogP contribution in [0.25, 0.3) is 0 Å². The molecule has 2 rings (SSSR count). The second kappa shape index (κ2) is 4.17. The molecule has 0 spiro atoms. The lowest BCUT2D eigenvalue weighted by Crippen LogP contribution is -2.26. The molecule has 1 aromatic heterocycles. The van der Waals surface area contributed by atoms with Crippen LogP contribution >= 0.6 is 11.3 Å². The van der Waals surface area contributed by atoms with Gasteiger partial charge in [0.25, 0.3) is 5.92 Å². The molecule has 1 aromatic carbocycles. The van der Waals surface area contributed by atoms with E-state index in [4.69, 9.17) is 0 Å². The minimum absolute atomic E-state index is 0.0758. The molecule has 0 fully saturated rings. The van der Waals surface area contributed by atoms with E-state index in [1.165, 1.54) is 23.7 Å². The Labute approximate surface area is 94.8 Å². The van der Waals surface area contributed by atoms with Crippen molar-refractivity contribution < 1.29 is 8.78 Å². The monoisotopic (exact) mass is 241 g/mol. The summed E-state index contributed by atoms with van der Waals surface area (Å²) in [6.45, 7) is -0.612. The van der Waals surface area contributed by atoms with Gasteiger partial charge in [-0.1, -0.05) is 41.7 Å². The average Bonchev–Trinajstić information content (AvgIpc) is 2.65. The van der Waals surface area contributed by atoms with Crippen molar-refractivity contribution in [2.24, 2.45) is 0 Å². The van der Waals surface area contributed by atoms with Crippen LogP contribution in [-0.4, -0.2) is 4.57 Å². The topological polar surface area (TPSA) is 22.0 Å². The molecular formula is C11H9F2NOS. The first kappa shape index (κ1) is 11.0. The molecule has 84 valence electrons. The maximum Gasteiger partial charge on any atom is 0.307 e. The van der Waals surface area contributed by atoms with Crippen molar-refractivity contribution >= 4 is 11.3 Å². The second-order valence-electron chi connectivity index (χ2n) is 3.37. The van der Waals surface area contributed by atoms with Crippen molar-refractivity contribution in [3.63, 3.8) is 0 Å². The van der Waals surface area contributed by atoms with Crippen LogP contribution in [0.2, 0.25) is 0 Å². The Bertz CT molecular complexity index is 518. The molecule has 0 amide bonds. The van der Waals surface area contributed by atoms with Crippen molar-refractivity contribution in [1.82, 2.24) is 4.57 Å². The summed E-state index contributed by atoms with van der Waals surface area (Å²) in [4.78, 5) is 10.8. The summed E-state index contributed by atoms with van der Waals surface area (Å²) in [6, 6.07) is 7.50. The van der Waals surface area contributed by atoms with Crippen LogP contribution in [0, 0.1) is 0 Å². The van der Waals surface area contributed by atoms with Crippen LogP contribution in [0.15, 0.2) is 46.7 Å². The molecule has 2 aromatic rings. The summed E-state index contributed by atoms with van der Waals surface area (Å²) >= 11 is 0.914. The van der Waals surface area contributed by atoms with E-state index in [0.717, 1.165) is 15.9 Å². The molecule has 0 atom stereocenters. The number of nitrogens with zero attached hydrogens (tertiary/aromatic N) is 1. The minimum Gasteiger partial charge on any atom is -0.300 e. The highest BCUT2D eigenvalue weighted by molar-refractivity contribution is 7.07. The van der Waals surface area contributed by atoms with Gasteiger partial charge in [0.05, 0.1) is 6.54 Å². The maximum atomic E-state index is 13.7. The molecule has 0 unspecified atom stereocenters. The fourth-order valence-electron chi connectivity index (χ4n) is 1.40. The highest BCUT2D eigenvalue weighted by atomic mass is 32.1. The van der Waals surface area contributed by atoms with Gasteiger partial charge in [0.2, 0.25) is 0 Å². The van der Waals surface area contributed by atoms with Crippen molar-refractivity contribution in [1.29, 1.82) is 0 Å². The van der Waals surface area contributed by atoms with Gasteiger partial charge in [-0.05, 0) is 0 Å². The van der Waals surface area contributed by atoms with Crippen LogP contribution in [0.4, 0.5) is 8.78 Å². The van der Waals surface area contributed by atoms with E-state index in [0.29, 0.717) is 0 Å². The molecule has 16 heavy (non-hydrogen) atoms. The molecular weight excluding hydrogens is 232 g/mol. The van der Waals surface area contributed by atoms with E-state index in [1.807, 2.05) is 0 Å². The first-order valence-electron chi connectivity index (χ1n) is 4.67. The van der Waals surface area contributed by atoms with E-state index >= 15 is 0 Å². The normalized spacial score (nSPS) is 11.6. The predicted octanol–water partition coefficient (Wildman–Crippen LogP) is 2.70. The minimum atomic E-state index is -3.02. The fraction of sp³-hybridized carbons (Fsp3) is 0.182. The molecule has 0 saturated carbocycles. The Morgan fingerprint density at radius 2 is 1.94 bits per heavy atom. The molecule has 1 heterocycles.